The number of hydrogen-bond acceptors (Lipinski definition) is 3. The van der Waals surface area contributed by atoms with Gasteiger partial charge in [-0.3, -0.25) is 14.9 Å². The van der Waals surface area contributed by atoms with E-state index in [0.29, 0.717) is 10.0 Å². The molecule has 0 aliphatic rings. The Morgan fingerprint density at radius 1 is 1.27 bits per heavy atom. The van der Waals surface area contributed by atoms with Gasteiger partial charge in [-0.1, -0.05) is 12.1 Å². The van der Waals surface area contributed by atoms with Gasteiger partial charge in [-0.25, -0.2) is 4.39 Å². The highest BCUT2D eigenvalue weighted by atomic mass is 79.9. The number of nitro groups is 1. The van der Waals surface area contributed by atoms with E-state index < -0.39 is 16.6 Å². The molecule has 0 atom stereocenters. The Morgan fingerprint density at radius 3 is 2.73 bits per heavy atom. The van der Waals surface area contributed by atoms with Crippen LogP contribution < -0.4 is 5.32 Å². The number of carbonyl (C=O) groups is 1. The lowest BCUT2D eigenvalue weighted by Crippen LogP contribution is -2.08. The summed E-state index contributed by atoms with van der Waals surface area (Å²) in [4.78, 5) is 22.0. The zero-order chi connectivity index (χ0) is 16.1. The van der Waals surface area contributed by atoms with Crippen LogP contribution in [0.25, 0.3) is 6.08 Å². The molecule has 5 nitrogen and oxygen atoms in total. The fourth-order valence-corrected chi connectivity index (χ4v) is 2.02. The Bertz CT molecular complexity index is 762. The molecule has 112 valence electrons. The van der Waals surface area contributed by atoms with Gasteiger partial charge >= 0.3 is 0 Å². The molecular formula is C15H10BrFN2O3. The van der Waals surface area contributed by atoms with E-state index >= 15 is 0 Å². The van der Waals surface area contributed by atoms with E-state index in [1.165, 1.54) is 48.6 Å². The molecule has 1 N–H and O–H groups in total. The van der Waals surface area contributed by atoms with Gasteiger partial charge in [-0.15, -0.1) is 0 Å². The molecular weight excluding hydrogens is 355 g/mol. The molecule has 0 saturated carbocycles. The number of non-ortho nitro benzene ring substituents is 1. The van der Waals surface area contributed by atoms with Crippen LogP contribution in [0.2, 0.25) is 0 Å². The van der Waals surface area contributed by atoms with Gasteiger partial charge in [0.05, 0.1) is 10.6 Å². The highest BCUT2D eigenvalue weighted by Gasteiger charge is 2.10. The Hall–Kier alpha value is -2.54. The largest absolute Gasteiger partial charge is 0.321 e. The quantitative estimate of drug-likeness (QED) is 0.503. The van der Waals surface area contributed by atoms with Gasteiger partial charge in [0.1, 0.15) is 5.82 Å². The molecule has 0 aliphatic carbocycles. The molecule has 0 aromatic heterocycles. The van der Waals surface area contributed by atoms with Crippen molar-refractivity contribution in [2.75, 3.05) is 5.32 Å². The molecule has 2 aromatic rings. The maximum absolute atomic E-state index is 13.0. The summed E-state index contributed by atoms with van der Waals surface area (Å²) < 4.78 is 13.5. The van der Waals surface area contributed by atoms with Crippen molar-refractivity contribution in [1.29, 1.82) is 0 Å². The minimum atomic E-state index is -0.551. The van der Waals surface area contributed by atoms with Crippen molar-refractivity contribution >= 4 is 39.3 Å². The Balaban J connectivity index is 2.12. The van der Waals surface area contributed by atoms with Crippen LogP contribution in [0.1, 0.15) is 5.56 Å². The standard InChI is InChI=1S/C15H10BrFN2O3/c16-13-6-5-12(19(21)22)9-14(13)18-15(20)7-4-10-2-1-3-11(17)8-10/h1-9H,(H,18,20)/b7-4+. The minimum Gasteiger partial charge on any atom is -0.321 e. The number of benzene rings is 2. The fourth-order valence-electron chi connectivity index (χ4n) is 1.68. The molecule has 0 spiro atoms. The Morgan fingerprint density at radius 2 is 2.05 bits per heavy atom. The van der Waals surface area contributed by atoms with Crippen LogP contribution in [0.3, 0.4) is 0 Å². The molecule has 0 aliphatic heterocycles. The Kier molecular flexibility index (Phi) is 5.00. The van der Waals surface area contributed by atoms with Crippen LogP contribution in [0.4, 0.5) is 15.8 Å². The van der Waals surface area contributed by atoms with Gasteiger partial charge in [0.2, 0.25) is 5.91 Å². The summed E-state index contributed by atoms with van der Waals surface area (Å²) in [5.74, 6) is -0.880. The summed E-state index contributed by atoms with van der Waals surface area (Å²) in [6.07, 6.45) is 2.67. The van der Waals surface area contributed by atoms with E-state index in [9.17, 15) is 19.3 Å². The monoisotopic (exact) mass is 364 g/mol. The number of nitro benzene ring substituents is 1. The topological polar surface area (TPSA) is 72.2 Å². The van der Waals surface area contributed by atoms with Crippen LogP contribution in [0, 0.1) is 15.9 Å². The average Bonchev–Trinajstić information content (AvgIpc) is 2.47. The predicted molar refractivity (Wildman–Crippen MR) is 84.9 cm³/mol. The van der Waals surface area contributed by atoms with E-state index in [4.69, 9.17) is 0 Å². The van der Waals surface area contributed by atoms with E-state index in [-0.39, 0.29) is 11.4 Å². The number of anilines is 1. The molecule has 0 radical (unpaired) electrons. The number of nitrogens with one attached hydrogen (secondary N) is 1. The third-order valence-electron chi connectivity index (χ3n) is 2.69. The molecule has 2 aromatic carbocycles. The van der Waals surface area contributed by atoms with Crippen molar-refractivity contribution in [2.45, 2.75) is 0 Å². The van der Waals surface area contributed by atoms with Crippen molar-refractivity contribution < 1.29 is 14.1 Å². The highest BCUT2D eigenvalue weighted by molar-refractivity contribution is 9.10. The molecule has 0 unspecified atom stereocenters. The van der Waals surface area contributed by atoms with Gasteiger partial charge < -0.3 is 5.32 Å². The van der Waals surface area contributed by atoms with Crippen LogP contribution in [-0.4, -0.2) is 10.8 Å². The second kappa shape index (κ2) is 6.95. The van der Waals surface area contributed by atoms with E-state index in [0.717, 1.165) is 0 Å². The number of carbonyl (C=O) groups excluding carboxylic acids is 1. The lowest BCUT2D eigenvalue weighted by molar-refractivity contribution is -0.384. The molecule has 22 heavy (non-hydrogen) atoms. The maximum Gasteiger partial charge on any atom is 0.271 e. The molecule has 7 heteroatoms. The third kappa shape index (κ3) is 4.23. The minimum absolute atomic E-state index is 0.132. The highest BCUT2D eigenvalue weighted by Crippen LogP contribution is 2.27. The van der Waals surface area contributed by atoms with Gasteiger partial charge in [0.15, 0.2) is 0 Å². The van der Waals surface area contributed by atoms with Gasteiger partial charge in [0, 0.05) is 22.7 Å². The van der Waals surface area contributed by atoms with Crippen LogP contribution in [-0.2, 0) is 4.79 Å². The SMILES string of the molecule is O=C(/C=C/c1cccc(F)c1)Nc1cc([N+](=O)[O-])ccc1Br. The molecule has 0 saturated heterocycles. The maximum atomic E-state index is 13.0. The summed E-state index contributed by atoms with van der Waals surface area (Å²) in [6, 6.07) is 9.81. The smallest absolute Gasteiger partial charge is 0.271 e. The number of hydrogen-bond donors (Lipinski definition) is 1. The number of rotatable bonds is 4. The van der Waals surface area contributed by atoms with Crippen LogP contribution in [0.15, 0.2) is 53.0 Å². The molecule has 0 bridgehead atoms. The second-order valence-corrected chi connectivity index (χ2v) is 5.15. The van der Waals surface area contributed by atoms with E-state index in [2.05, 4.69) is 21.2 Å². The summed E-state index contributed by atoms with van der Waals surface area (Å²) >= 11 is 3.20. The second-order valence-electron chi connectivity index (χ2n) is 4.30. The molecule has 0 heterocycles. The van der Waals surface area contributed by atoms with Crippen LogP contribution in [0.5, 0.6) is 0 Å². The molecule has 2 rings (SSSR count). The van der Waals surface area contributed by atoms with E-state index in [1.807, 2.05) is 0 Å². The fraction of sp³-hybridized carbons (Fsp3) is 0. The van der Waals surface area contributed by atoms with E-state index in [1.54, 1.807) is 6.07 Å². The lowest BCUT2D eigenvalue weighted by atomic mass is 10.2. The summed E-state index contributed by atoms with van der Waals surface area (Å²) in [5.41, 5.74) is 0.684. The molecule has 1 amide bonds. The Labute approximate surface area is 133 Å². The average molecular weight is 365 g/mol. The predicted octanol–water partition coefficient (Wildman–Crippen LogP) is 4.15. The normalized spacial score (nSPS) is 10.6. The van der Waals surface area contributed by atoms with Gasteiger partial charge in [-0.2, -0.15) is 0 Å². The van der Waals surface area contributed by atoms with Crippen molar-refractivity contribution in [3.63, 3.8) is 0 Å². The first-order valence-electron chi connectivity index (χ1n) is 6.14. The zero-order valence-electron chi connectivity index (χ0n) is 11.1. The third-order valence-corrected chi connectivity index (χ3v) is 3.39. The van der Waals surface area contributed by atoms with Crippen molar-refractivity contribution in [3.05, 3.63) is 74.5 Å². The molecule has 0 fully saturated rings. The van der Waals surface area contributed by atoms with Crippen molar-refractivity contribution in [3.8, 4) is 0 Å². The van der Waals surface area contributed by atoms with Crippen molar-refractivity contribution in [2.24, 2.45) is 0 Å². The summed E-state index contributed by atoms with van der Waals surface area (Å²) in [7, 11) is 0. The first-order chi connectivity index (χ1) is 10.5. The summed E-state index contributed by atoms with van der Waals surface area (Å²) in [6.45, 7) is 0. The summed E-state index contributed by atoms with van der Waals surface area (Å²) in [5, 5.41) is 13.2. The van der Waals surface area contributed by atoms with Crippen LogP contribution >= 0.6 is 15.9 Å². The lowest BCUT2D eigenvalue weighted by Gasteiger charge is -2.04. The van der Waals surface area contributed by atoms with Gasteiger partial charge in [0.25, 0.3) is 5.69 Å². The first kappa shape index (κ1) is 15.8. The first-order valence-corrected chi connectivity index (χ1v) is 6.93. The zero-order valence-corrected chi connectivity index (χ0v) is 12.7. The number of halogens is 2. The van der Waals surface area contributed by atoms with Gasteiger partial charge in [-0.05, 0) is 45.8 Å². The van der Waals surface area contributed by atoms with Crippen molar-refractivity contribution in [1.82, 2.24) is 0 Å². The number of amides is 1. The number of nitrogens with zero attached hydrogens (tertiary/aromatic N) is 1.